The number of ether oxygens (including phenoxy) is 1. The minimum Gasteiger partial charge on any atom is -0.497 e. The van der Waals surface area contributed by atoms with Crippen LogP contribution in [0.15, 0.2) is 18.3 Å². The Kier molecular flexibility index (Phi) is 6.07. The first kappa shape index (κ1) is 11.0. The molecule has 0 aromatic carbocycles. The lowest BCUT2D eigenvalue weighted by atomic mass is 10.4. The molecule has 0 amide bonds. The Labute approximate surface area is 74.6 Å². The van der Waals surface area contributed by atoms with Gasteiger partial charge in [-0.25, -0.2) is 0 Å². The van der Waals surface area contributed by atoms with Gasteiger partial charge in [-0.1, -0.05) is 20.3 Å². The van der Waals surface area contributed by atoms with E-state index in [-0.39, 0.29) is 0 Å². The van der Waals surface area contributed by atoms with Crippen LogP contribution in [-0.2, 0) is 0 Å². The zero-order valence-electron chi connectivity index (χ0n) is 8.29. The number of aromatic nitrogens is 1. The summed E-state index contributed by atoms with van der Waals surface area (Å²) in [4.78, 5) is 4.01. The van der Waals surface area contributed by atoms with Gasteiger partial charge in [-0.2, -0.15) is 0 Å². The highest BCUT2D eigenvalue weighted by molar-refractivity contribution is 5.21. The molecule has 0 aliphatic heterocycles. The lowest BCUT2D eigenvalue weighted by Gasteiger charge is -1.97. The molecule has 0 radical (unpaired) electrons. The van der Waals surface area contributed by atoms with Crippen molar-refractivity contribution in [3.05, 3.63) is 24.0 Å². The lowest BCUT2D eigenvalue weighted by molar-refractivity contribution is 0.414. The van der Waals surface area contributed by atoms with E-state index < -0.39 is 0 Å². The Morgan fingerprint density at radius 2 is 2.00 bits per heavy atom. The van der Waals surface area contributed by atoms with Crippen LogP contribution < -0.4 is 4.74 Å². The molecule has 1 aromatic rings. The molecule has 0 aliphatic carbocycles. The fourth-order valence-corrected chi connectivity index (χ4v) is 0.647. The number of aryl methyl sites for hydroxylation is 1. The quantitative estimate of drug-likeness (QED) is 0.641. The Bertz CT molecular complexity index is 211. The van der Waals surface area contributed by atoms with E-state index in [4.69, 9.17) is 4.74 Å². The van der Waals surface area contributed by atoms with Gasteiger partial charge in [-0.15, -0.1) is 0 Å². The second-order valence-corrected chi connectivity index (χ2v) is 2.54. The highest BCUT2D eigenvalue weighted by Gasteiger charge is 1.87. The maximum atomic E-state index is 4.96. The zero-order valence-corrected chi connectivity index (χ0v) is 8.29. The maximum Gasteiger partial charge on any atom is 0.122 e. The van der Waals surface area contributed by atoms with Crippen LogP contribution in [0.3, 0.4) is 0 Å². The van der Waals surface area contributed by atoms with Crippen molar-refractivity contribution in [3.63, 3.8) is 0 Å². The third kappa shape index (κ3) is 4.72. The predicted octanol–water partition coefficient (Wildman–Crippen LogP) is 2.81. The minimum atomic E-state index is 0.863. The molecule has 68 valence electrons. The first-order valence-corrected chi connectivity index (χ1v) is 4.21. The van der Waals surface area contributed by atoms with E-state index in [1.807, 2.05) is 19.1 Å². The third-order valence-corrected chi connectivity index (χ3v) is 1.10. The molecular weight excluding hydrogens is 150 g/mol. The second kappa shape index (κ2) is 6.65. The highest BCUT2D eigenvalue weighted by Crippen LogP contribution is 2.07. The average molecular weight is 167 g/mol. The highest BCUT2D eigenvalue weighted by atomic mass is 16.5. The summed E-state index contributed by atoms with van der Waals surface area (Å²) in [6.07, 6.45) is 2.98. The van der Waals surface area contributed by atoms with Crippen molar-refractivity contribution in [2.45, 2.75) is 27.2 Å². The summed E-state index contributed by atoms with van der Waals surface area (Å²) in [6, 6.07) is 3.72. The van der Waals surface area contributed by atoms with Crippen molar-refractivity contribution >= 4 is 0 Å². The maximum absolute atomic E-state index is 4.96. The molecule has 0 aliphatic rings. The Morgan fingerprint density at radius 1 is 1.42 bits per heavy atom. The van der Waals surface area contributed by atoms with E-state index in [9.17, 15) is 0 Å². The first-order valence-electron chi connectivity index (χ1n) is 4.21. The second-order valence-electron chi connectivity index (χ2n) is 2.54. The standard InChI is InChI=1S/C7H9NO.C3H8/c1-6-5-7(9-2)3-4-8-6;1-3-2/h3-5H,1-2H3;3H2,1-2H3. The number of rotatable bonds is 1. The molecule has 0 bridgehead atoms. The van der Waals surface area contributed by atoms with Crippen molar-refractivity contribution in [1.82, 2.24) is 4.98 Å². The molecule has 1 heterocycles. The zero-order chi connectivity index (χ0) is 9.40. The van der Waals surface area contributed by atoms with Gasteiger partial charge in [-0.05, 0) is 13.0 Å². The Morgan fingerprint density at radius 3 is 2.33 bits per heavy atom. The average Bonchev–Trinajstić information content (AvgIpc) is 2.06. The molecule has 0 saturated heterocycles. The monoisotopic (exact) mass is 167 g/mol. The molecule has 12 heavy (non-hydrogen) atoms. The number of methoxy groups -OCH3 is 1. The van der Waals surface area contributed by atoms with Gasteiger partial charge in [0, 0.05) is 18.0 Å². The molecule has 0 spiro atoms. The van der Waals surface area contributed by atoms with E-state index in [0.717, 1.165) is 11.4 Å². The molecular formula is C10H17NO. The number of nitrogens with zero attached hydrogens (tertiary/aromatic N) is 1. The van der Waals surface area contributed by atoms with E-state index >= 15 is 0 Å². The molecule has 2 heteroatoms. The summed E-state index contributed by atoms with van der Waals surface area (Å²) >= 11 is 0. The van der Waals surface area contributed by atoms with Crippen molar-refractivity contribution in [2.75, 3.05) is 7.11 Å². The first-order chi connectivity index (χ1) is 5.74. The molecule has 1 aromatic heterocycles. The summed E-state index contributed by atoms with van der Waals surface area (Å²) in [5, 5.41) is 0. The van der Waals surface area contributed by atoms with Crippen LogP contribution in [0.1, 0.15) is 26.0 Å². The van der Waals surface area contributed by atoms with Crippen LogP contribution in [0.5, 0.6) is 5.75 Å². The molecule has 1 rings (SSSR count). The van der Waals surface area contributed by atoms with Crippen LogP contribution in [0.4, 0.5) is 0 Å². The molecule has 0 saturated carbocycles. The van der Waals surface area contributed by atoms with Gasteiger partial charge in [0.05, 0.1) is 7.11 Å². The fourth-order valence-electron chi connectivity index (χ4n) is 0.647. The summed E-state index contributed by atoms with van der Waals surface area (Å²) < 4.78 is 4.96. The number of pyridine rings is 1. The summed E-state index contributed by atoms with van der Waals surface area (Å²) in [5.41, 5.74) is 0.981. The van der Waals surface area contributed by atoms with Crippen molar-refractivity contribution in [2.24, 2.45) is 0 Å². The largest absolute Gasteiger partial charge is 0.497 e. The molecule has 2 nitrogen and oxygen atoms in total. The summed E-state index contributed by atoms with van der Waals surface area (Å²) in [5.74, 6) is 0.863. The summed E-state index contributed by atoms with van der Waals surface area (Å²) in [6.45, 7) is 6.18. The molecule has 0 N–H and O–H groups in total. The topological polar surface area (TPSA) is 22.1 Å². The van der Waals surface area contributed by atoms with E-state index in [0.29, 0.717) is 0 Å². The third-order valence-electron chi connectivity index (χ3n) is 1.10. The van der Waals surface area contributed by atoms with Crippen LogP contribution in [0.25, 0.3) is 0 Å². The van der Waals surface area contributed by atoms with E-state index in [1.165, 1.54) is 6.42 Å². The van der Waals surface area contributed by atoms with Crippen LogP contribution in [-0.4, -0.2) is 12.1 Å². The van der Waals surface area contributed by atoms with Crippen molar-refractivity contribution in [1.29, 1.82) is 0 Å². The van der Waals surface area contributed by atoms with Gasteiger partial charge in [0.15, 0.2) is 0 Å². The fraction of sp³-hybridized carbons (Fsp3) is 0.500. The van der Waals surface area contributed by atoms with E-state index in [1.54, 1.807) is 13.3 Å². The number of hydrogen-bond acceptors (Lipinski definition) is 2. The van der Waals surface area contributed by atoms with Crippen LogP contribution in [0, 0.1) is 6.92 Å². The van der Waals surface area contributed by atoms with Crippen molar-refractivity contribution in [3.8, 4) is 5.75 Å². The van der Waals surface area contributed by atoms with Crippen molar-refractivity contribution < 1.29 is 4.74 Å². The Hall–Kier alpha value is -1.05. The normalized spacial score (nSPS) is 8.33. The van der Waals surface area contributed by atoms with Gasteiger partial charge in [0.1, 0.15) is 5.75 Å². The molecule has 0 atom stereocenters. The van der Waals surface area contributed by atoms with Gasteiger partial charge in [-0.3, -0.25) is 4.98 Å². The van der Waals surface area contributed by atoms with Gasteiger partial charge in [0.2, 0.25) is 0 Å². The lowest BCUT2D eigenvalue weighted by Crippen LogP contribution is -1.84. The van der Waals surface area contributed by atoms with E-state index in [2.05, 4.69) is 18.8 Å². The van der Waals surface area contributed by atoms with Crippen LogP contribution in [0.2, 0.25) is 0 Å². The minimum absolute atomic E-state index is 0.863. The number of hydrogen-bond donors (Lipinski definition) is 0. The van der Waals surface area contributed by atoms with Gasteiger partial charge >= 0.3 is 0 Å². The predicted molar refractivity (Wildman–Crippen MR) is 51.5 cm³/mol. The van der Waals surface area contributed by atoms with Gasteiger partial charge < -0.3 is 4.74 Å². The smallest absolute Gasteiger partial charge is 0.122 e. The molecule has 0 unspecified atom stereocenters. The SMILES string of the molecule is CCC.COc1ccnc(C)c1. The van der Waals surface area contributed by atoms with Crippen LogP contribution >= 0.6 is 0 Å². The summed E-state index contributed by atoms with van der Waals surface area (Å²) in [7, 11) is 1.65. The molecule has 0 fully saturated rings. The Balaban J connectivity index is 0.000000354. The van der Waals surface area contributed by atoms with Gasteiger partial charge in [0.25, 0.3) is 0 Å².